The Kier molecular flexibility index (Phi) is 3.01. The van der Waals surface area contributed by atoms with Gasteiger partial charge in [0.05, 0.1) is 6.04 Å². The third-order valence-corrected chi connectivity index (χ3v) is 8.05. The molecular formula is C21H25NS. The van der Waals surface area contributed by atoms with Crippen LogP contribution in [0.25, 0.3) is 0 Å². The Hall–Kier alpha value is -1.41. The molecule has 2 aliphatic heterocycles. The zero-order valence-corrected chi connectivity index (χ0v) is 15.4. The van der Waals surface area contributed by atoms with E-state index in [1.807, 2.05) is 0 Å². The van der Waals surface area contributed by atoms with E-state index in [0.29, 0.717) is 6.04 Å². The summed E-state index contributed by atoms with van der Waals surface area (Å²) in [6, 6.07) is 20.4. The van der Waals surface area contributed by atoms with Gasteiger partial charge in [0, 0.05) is 15.8 Å². The molecule has 1 nitrogen and oxygen atoms in total. The lowest BCUT2D eigenvalue weighted by molar-refractivity contribution is 0.198. The van der Waals surface area contributed by atoms with Crippen LogP contribution in [0, 0.1) is 5.41 Å². The first kappa shape index (κ1) is 15.1. The van der Waals surface area contributed by atoms with Gasteiger partial charge in [0.15, 0.2) is 0 Å². The van der Waals surface area contributed by atoms with Gasteiger partial charge in [-0.05, 0) is 44.0 Å². The van der Waals surface area contributed by atoms with Gasteiger partial charge >= 0.3 is 0 Å². The Labute approximate surface area is 144 Å². The summed E-state index contributed by atoms with van der Waals surface area (Å²) in [6.07, 6.45) is 0. The van der Waals surface area contributed by atoms with Gasteiger partial charge in [0.25, 0.3) is 0 Å². The third kappa shape index (κ3) is 1.82. The minimum atomic E-state index is -0.0123. The van der Waals surface area contributed by atoms with E-state index in [0.717, 1.165) is 0 Å². The van der Waals surface area contributed by atoms with E-state index in [2.05, 4.69) is 106 Å². The molecule has 0 amide bonds. The summed E-state index contributed by atoms with van der Waals surface area (Å²) in [5, 5.41) is 0. The molecule has 0 aliphatic carbocycles. The number of rotatable bonds is 1. The maximum atomic E-state index is 2.66. The standard InChI is InChI=1S/C21H25NS/c1-19(2)18-16-13-9-10-14-17(16)21(5,23-20(19,3)4)22(18)15-11-7-6-8-12-15/h6-14,18H,1-5H3. The molecule has 2 bridgehead atoms. The Bertz CT molecular complexity index is 749. The molecule has 2 heterocycles. The van der Waals surface area contributed by atoms with Crippen LogP contribution in [0.3, 0.4) is 0 Å². The highest BCUT2D eigenvalue weighted by atomic mass is 32.2. The van der Waals surface area contributed by atoms with Gasteiger partial charge in [-0.1, -0.05) is 56.3 Å². The lowest BCUT2D eigenvalue weighted by Crippen LogP contribution is -2.56. The topological polar surface area (TPSA) is 3.24 Å². The Balaban J connectivity index is 2.01. The number of benzene rings is 2. The van der Waals surface area contributed by atoms with E-state index in [4.69, 9.17) is 0 Å². The predicted molar refractivity (Wildman–Crippen MR) is 101 cm³/mol. The van der Waals surface area contributed by atoms with Crippen molar-refractivity contribution in [2.45, 2.75) is 50.3 Å². The second-order valence-corrected chi connectivity index (χ2v) is 10.0. The average Bonchev–Trinajstić information content (AvgIpc) is 2.74. The smallest absolute Gasteiger partial charge is 0.110 e. The number of thioether (sulfide) groups is 1. The molecule has 4 rings (SSSR count). The van der Waals surface area contributed by atoms with Gasteiger partial charge in [-0.15, -0.1) is 11.8 Å². The summed E-state index contributed by atoms with van der Waals surface area (Å²) in [6.45, 7) is 12.1. The van der Waals surface area contributed by atoms with Crippen molar-refractivity contribution in [1.29, 1.82) is 0 Å². The first-order valence-corrected chi connectivity index (χ1v) is 9.25. The SMILES string of the molecule is CC12SC(C)(C)C(C)(C)C(c3ccccc31)N2c1ccccc1. The van der Waals surface area contributed by atoms with Crippen molar-refractivity contribution in [2.75, 3.05) is 4.90 Å². The molecule has 2 unspecified atom stereocenters. The highest BCUT2D eigenvalue weighted by Crippen LogP contribution is 2.70. The van der Waals surface area contributed by atoms with Crippen LogP contribution in [0.2, 0.25) is 0 Å². The molecule has 0 N–H and O–H groups in total. The van der Waals surface area contributed by atoms with Gasteiger partial charge < -0.3 is 4.90 Å². The normalized spacial score (nSPS) is 30.1. The van der Waals surface area contributed by atoms with Gasteiger partial charge in [-0.2, -0.15) is 0 Å². The molecule has 2 aromatic rings. The number of hydrogen-bond donors (Lipinski definition) is 0. The average molecular weight is 324 g/mol. The molecule has 2 atom stereocenters. The summed E-state index contributed by atoms with van der Waals surface area (Å²) in [5.41, 5.74) is 4.48. The fraction of sp³-hybridized carbons (Fsp3) is 0.429. The summed E-state index contributed by atoms with van der Waals surface area (Å²) < 4.78 is 0.205. The van der Waals surface area contributed by atoms with Crippen LogP contribution < -0.4 is 4.90 Å². The lowest BCUT2D eigenvalue weighted by atomic mass is 9.71. The van der Waals surface area contributed by atoms with Gasteiger partial charge in [0.2, 0.25) is 0 Å². The van der Waals surface area contributed by atoms with Crippen molar-refractivity contribution in [3.63, 3.8) is 0 Å². The van der Waals surface area contributed by atoms with E-state index in [1.54, 1.807) is 0 Å². The van der Waals surface area contributed by atoms with E-state index in [-0.39, 0.29) is 15.0 Å². The molecule has 1 fully saturated rings. The molecule has 2 heteroatoms. The Morgan fingerprint density at radius 3 is 2.13 bits per heavy atom. The summed E-state index contributed by atoms with van der Waals surface area (Å²) >= 11 is 2.11. The molecule has 23 heavy (non-hydrogen) atoms. The summed E-state index contributed by atoms with van der Waals surface area (Å²) in [7, 11) is 0. The van der Waals surface area contributed by atoms with Gasteiger partial charge in [0.1, 0.15) is 4.87 Å². The van der Waals surface area contributed by atoms with Crippen LogP contribution in [0.4, 0.5) is 5.69 Å². The highest BCUT2D eigenvalue weighted by Gasteiger charge is 2.63. The second kappa shape index (κ2) is 4.57. The van der Waals surface area contributed by atoms with Crippen LogP contribution in [0.1, 0.15) is 51.8 Å². The molecule has 0 radical (unpaired) electrons. The van der Waals surface area contributed by atoms with Crippen molar-refractivity contribution < 1.29 is 0 Å². The van der Waals surface area contributed by atoms with Crippen molar-refractivity contribution in [2.24, 2.45) is 5.41 Å². The van der Waals surface area contributed by atoms with E-state index in [9.17, 15) is 0 Å². The molecule has 2 aliphatic rings. The second-order valence-electron chi connectivity index (χ2n) is 8.01. The van der Waals surface area contributed by atoms with Crippen molar-refractivity contribution in [3.8, 4) is 0 Å². The number of para-hydroxylation sites is 1. The quantitative estimate of drug-likeness (QED) is 0.636. The van der Waals surface area contributed by atoms with Crippen molar-refractivity contribution in [1.82, 2.24) is 0 Å². The van der Waals surface area contributed by atoms with E-state index < -0.39 is 0 Å². The molecule has 2 aromatic carbocycles. The van der Waals surface area contributed by atoms with Crippen molar-refractivity contribution >= 4 is 17.4 Å². The van der Waals surface area contributed by atoms with Crippen LogP contribution in [0.15, 0.2) is 54.6 Å². The monoisotopic (exact) mass is 323 g/mol. The van der Waals surface area contributed by atoms with Gasteiger partial charge in [-0.3, -0.25) is 0 Å². The van der Waals surface area contributed by atoms with E-state index >= 15 is 0 Å². The largest absolute Gasteiger partial charge is 0.345 e. The van der Waals surface area contributed by atoms with E-state index in [1.165, 1.54) is 16.8 Å². The van der Waals surface area contributed by atoms with Crippen molar-refractivity contribution in [3.05, 3.63) is 65.7 Å². The fourth-order valence-electron chi connectivity index (χ4n) is 4.43. The zero-order valence-electron chi connectivity index (χ0n) is 14.6. The minimum Gasteiger partial charge on any atom is -0.345 e. The van der Waals surface area contributed by atoms with Crippen LogP contribution in [0.5, 0.6) is 0 Å². The predicted octanol–water partition coefficient (Wildman–Crippen LogP) is 5.97. The van der Waals surface area contributed by atoms with Crippen LogP contribution in [-0.2, 0) is 4.87 Å². The molecular weight excluding hydrogens is 298 g/mol. The Morgan fingerprint density at radius 2 is 1.43 bits per heavy atom. The maximum Gasteiger partial charge on any atom is 0.110 e. The third-order valence-electron chi connectivity index (χ3n) is 6.20. The summed E-state index contributed by atoms with van der Waals surface area (Å²) in [5.74, 6) is 0. The molecule has 1 saturated heterocycles. The number of anilines is 1. The van der Waals surface area contributed by atoms with Crippen LogP contribution in [-0.4, -0.2) is 4.75 Å². The molecule has 0 saturated carbocycles. The lowest BCUT2D eigenvalue weighted by Gasteiger charge is -2.59. The maximum absolute atomic E-state index is 2.66. The number of nitrogens with zero attached hydrogens (tertiary/aromatic N) is 1. The fourth-order valence-corrected chi connectivity index (χ4v) is 6.40. The minimum absolute atomic E-state index is 0.0123. The first-order chi connectivity index (χ1) is 10.8. The summed E-state index contributed by atoms with van der Waals surface area (Å²) in [4.78, 5) is 2.65. The van der Waals surface area contributed by atoms with Gasteiger partial charge in [-0.25, -0.2) is 0 Å². The first-order valence-electron chi connectivity index (χ1n) is 8.43. The Morgan fingerprint density at radius 1 is 0.826 bits per heavy atom. The number of hydrogen-bond acceptors (Lipinski definition) is 2. The highest BCUT2D eigenvalue weighted by molar-refractivity contribution is 8.01. The van der Waals surface area contributed by atoms with Crippen LogP contribution >= 0.6 is 11.8 Å². The number of fused-ring (bicyclic) bond motifs is 5. The zero-order chi connectivity index (χ0) is 16.5. The molecule has 120 valence electrons. The molecule has 0 aromatic heterocycles. The molecule has 0 spiro atoms.